The van der Waals surface area contributed by atoms with Gasteiger partial charge in [-0.2, -0.15) is 0 Å². The lowest BCUT2D eigenvalue weighted by atomic mass is 10.4. The Morgan fingerprint density at radius 3 is 2.79 bits per heavy atom. The van der Waals surface area contributed by atoms with Gasteiger partial charge < -0.3 is 15.4 Å². The van der Waals surface area contributed by atoms with Gasteiger partial charge in [-0.05, 0) is 13.3 Å². The summed E-state index contributed by atoms with van der Waals surface area (Å²) in [5.74, 6) is 0.923. The molecule has 0 aromatic rings. The average Bonchev–Trinajstić information content (AvgIpc) is 2.68. The number of hydrogen-bond acceptors (Lipinski definition) is 4. The Kier molecular flexibility index (Phi) is 6.53. The summed E-state index contributed by atoms with van der Waals surface area (Å²) in [5, 5.41) is 6.26. The third-order valence-electron chi connectivity index (χ3n) is 2.88. The van der Waals surface area contributed by atoms with Gasteiger partial charge in [-0.15, -0.1) is 0 Å². The average molecular weight is 292 g/mol. The van der Waals surface area contributed by atoms with Crippen LogP contribution in [0.5, 0.6) is 0 Å². The summed E-state index contributed by atoms with van der Waals surface area (Å²) in [7, 11) is 0.317. The van der Waals surface area contributed by atoms with Crippen LogP contribution in [0.3, 0.4) is 0 Å². The molecule has 7 nitrogen and oxygen atoms in total. The van der Waals surface area contributed by atoms with E-state index >= 15 is 0 Å². The highest BCUT2D eigenvalue weighted by Gasteiger charge is 2.27. The first-order valence-electron chi connectivity index (χ1n) is 6.43. The van der Waals surface area contributed by atoms with Crippen molar-refractivity contribution in [2.75, 3.05) is 46.2 Å². The van der Waals surface area contributed by atoms with E-state index in [1.54, 1.807) is 14.2 Å². The third kappa shape index (κ3) is 5.33. The van der Waals surface area contributed by atoms with Crippen molar-refractivity contribution in [3.05, 3.63) is 0 Å². The van der Waals surface area contributed by atoms with Crippen molar-refractivity contribution in [3.8, 4) is 0 Å². The minimum absolute atomic E-state index is 0.145. The van der Waals surface area contributed by atoms with E-state index in [0.717, 1.165) is 6.42 Å². The maximum absolute atomic E-state index is 11.6. The van der Waals surface area contributed by atoms with E-state index < -0.39 is 10.0 Å². The van der Waals surface area contributed by atoms with Gasteiger partial charge in [0.2, 0.25) is 10.0 Å². The molecular formula is C11H24N4O3S. The maximum Gasteiger partial charge on any atom is 0.214 e. The molecule has 1 fully saturated rings. The molecule has 0 saturated carbocycles. The molecule has 0 amide bonds. The Bertz CT molecular complexity index is 397. The van der Waals surface area contributed by atoms with Crippen LogP contribution in [0.25, 0.3) is 0 Å². The van der Waals surface area contributed by atoms with Crippen LogP contribution in [0, 0.1) is 0 Å². The summed E-state index contributed by atoms with van der Waals surface area (Å²) < 4.78 is 29.8. The second kappa shape index (κ2) is 7.66. The molecular weight excluding hydrogens is 268 g/mol. The zero-order valence-electron chi connectivity index (χ0n) is 11.8. The van der Waals surface area contributed by atoms with Gasteiger partial charge in [-0.25, -0.2) is 12.7 Å². The lowest BCUT2D eigenvalue weighted by Crippen LogP contribution is -2.46. The first-order valence-corrected chi connectivity index (χ1v) is 8.04. The largest absolute Gasteiger partial charge is 0.383 e. The Morgan fingerprint density at radius 2 is 2.26 bits per heavy atom. The first-order chi connectivity index (χ1) is 8.99. The SMILES string of the molecule is CN=C(NCCN1CCCS1(=O)=O)NC(C)COC. The van der Waals surface area contributed by atoms with Crippen molar-refractivity contribution < 1.29 is 13.2 Å². The van der Waals surface area contributed by atoms with E-state index in [1.165, 1.54) is 4.31 Å². The van der Waals surface area contributed by atoms with Crippen molar-refractivity contribution in [3.63, 3.8) is 0 Å². The summed E-state index contributed by atoms with van der Waals surface area (Å²) in [4.78, 5) is 4.08. The van der Waals surface area contributed by atoms with E-state index in [2.05, 4.69) is 15.6 Å². The number of nitrogens with one attached hydrogen (secondary N) is 2. The van der Waals surface area contributed by atoms with E-state index in [4.69, 9.17) is 4.74 Å². The maximum atomic E-state index is 11.6. The summed E-state index contributed by atoms with van der Waals surface area (Å²) in [6, 6.07) is 0.145. The standard InChI is InChI=1S/C11H24N4O3S/c1-10(9-18-3)14-11(12-2)13-5-7-15-6-4-8-19(15,16)17/h10H,4-9H2,1-3H3,(H2,12,13,14). The Balaban J connectivity index is 2.31. The van der Waals surface area contributed by atoms with Crippen molar-refractivity contribution in [1.29, 1.82) is 0 Å². The quantitative estimate of drug-likeness (QED) is 0.496. The van der Waals surface area contributed by atoms with Crippen molar-refractivity contribution >= 4 is 16.0 Å². The fourth-order valence-corrected chi connectivity index (χ4v) is 3.49. The van der Waals surface area contributed by atoms with Crippen LogP contribution >= 0.6 is 0 Å². The molecule has 0 spiro atoms. The Morgan fingerprint density at radius 1 is 1.53 bits per heavy atom. The minimum Gasteiger partial charge on any atom is -0.383 e. The number of nitrogens with zero attached hydrogens (tertiary/aromatic N) is 2. The van der Waals surface area contributed by atoms with E-state index in [0.29, 0.717) is 32.2 Å². The number of guanidine groups is 1. The van der Waals surface area contributed by atoms with Crippen LogP contribution in [0.4, 0.5) is 0 Å². The number of ether oxygens (including phenoxy) is 1. The highest BCUT2D eigenvalue weighted by atomic mass is 32.2. The van der Waals surface area contributed by atoms with Crippen molar-refractivity contribution in [2.45, 2.75) is 19.4 Å². The summed E-state index contributed by atoms with van der Waals surface area (Å²) in [5.41, 5.74) is 0. The fourth-order valence-electron chi connectivity index (χ4n) is 1.96. The van der Waals surface area contributed by atoms with E-state index in [9.17, 15) is 8.42 Å². The summed E-state index contributed by atoms with van der Waals surface area (Å²) in [6.07, 6.45) is 0.722. The molecule has 8 heteroatoms. The molecule has 1 aliphatic heterocycles. The van der Waals surface area contributed by atoms with E-state index in [1.807, 2.05) is 6.92 Å². The van der Waals surface area contributed by atoms with Crippen molar-refractivity contribution in [1.82, 2.24) is 14.9 Å². The zero-order chi connectivity index (χ0) is 14.3. The molecule has 0 aromatic heterocycles. The molecule has 1 aliphatic rings. The molecule has 19 heavy (non-hydrogen) atoms. The van der Waals surface area contributed by atoms with Gasteiger partial charge in [0.25, 0.3) is 0 Å². The zero-order valence-corrected chi connectivity index (χ0v) is 12.7. The van der Waals surface area contributed by atoms with Crippen LogP contribution < -0.4 is 10.6 Å². The molecule has 0 radical (unpaired) electrons. The number of hydrogen-bond donors (Lipinski definition) is 2. The van der Waals surface area contributed by atoms with Crippen LogP contribution in [-0.4, -0.2) is 70.9 Å². The van der Waals surface area contributed by atoms with Gasteiger partial charge in [0, 0.05) is 39.8 Å². The molecule has 112 valence electrons. The first kappa shape index (κ1) is 16.2. The van der Waals surface area contributed by atoms with E-state index in [-0.39, 0.29) is 11.8 Å². The van der Waals surface area contributed by atoms with Gasteiger partial charge in [0.05, 0.1) is 12.4 Å². The number of sulfonamides is 1. The molecule has 1 rings (SSSR count). The second-order valence-electron chi connectivity index (χ2n) is 4.57. The topological polar surface area (TPSA) is 83.0 Å². The minimum atomic E-state index is -3.01. The van der Waals surface area contributed by atoms with Gasteiger partial charge in [0.15, 0.2) is 5.96 Å². The van der Waals surface area contributed by atoms with Crippen LogP contribution in [0.1, 0.15) is 13.3 Å². The molecule has 0 aromatic carbocycles. The predicted octanol–water partition coefficient (Wildman–Crippen LogP) is -0.778. The Labute approximate surface area is 115 Å². The van der Waals surface area contributed by atoms with Crippen molar-refractivity contribution in [2.24, 2.45) is 4.99 Å². The molecule has 1 atom stereocenters. The number of aliphatic imine (C=N–C) groups is 1. The number of rotatable bonds is 6. The van der Waals surface area contributed by atoms with Crippen LogP contribution in [-0.2, 0) is 14.8 Å². The predicted molar refractivity (Wildman–Crippen MR) is 75.8 cm³/mol. The highest BCUT2D eigenvalue weighted by Crippen LogP contribution is 2.11. The normalized spacial score (nSPS) is 21.3. The van der Waals surface area contributed by atoms with Gasteiger partial charge in [-0.1, -0.05) is 0 Å². The second-order valence-corrected chi connectivity index (χ2v) is 6.66. The summed E-state index contributed by atoms with van der Waals surface area (Å²) >= 11 is 0. The summed E-state index contributed by atoms with van der Waals surface area (Å²) in [6.45, 7) is 4.21. The van der Waals surface area contributed by atoms with Crippen LogP contribution in [0.15, 0.2) is 4.99 Å². The fraction of sp³-hybridized carbons (Fsp3) is 0.909. The highest BCUT2D eigenvalue weighted by molar-refractivity contribution is 7.89. The lowest BCUT2D eigenvalue weighted by molar-refractivity contribution is 0.179. The molecule has 0 bridgehead atoms. The van der Waals surface area contributed by atoms with Gasteiger partial charge in [0.1, 0.15) is 0 Å². The van der Waals surface area contributed by atoms with Gasteiger partial charge >= 0.3 is 0 Å². The monoisotopic (exact) mass is 292 g/mol. The van der Waals surface area contributed by atoms with Gasteiger partial charge in [-0.3, -0.25) is 4.99 Å². The number of methoxy groups -OCH3 is 1. The Hall–Kier alpha value is -0.860. The molecule has 2 N–H and O–H groups in total. The molecule has 1 heterocycles. The van der Waals surface area contributed by atoms with Crippen LogP contribution in [0.2, 0.25) is 0 Å². The molecule has 1 unspecified atom stereocenters. The smallest absolute Gasteiger partial charge is 0.214 e. The third-order valence-corrected chi connectivity index (χ3v) is 4.84. The lowest BCUT2D eigenvalue weighted by Gasteiger charge is -2.19. The molecule has 0 aliphatic carbocycles. The molecule has 1 saturated heterocycles.